The molecule has 0 heterocycles. The summed E-state index contributed by atoms with van der Waals surface area (Å²) < 4.78 is 0. The first-order chi connectivity index (χ1) is 9.28. The summed E-state index contributed by atoms with van der Waals surface area (Å²) in [5.74, 6) is 0.953. The maximum atomic E-state index is 11.2. The molecule has 0 spiro atoms. The lowest BCUT2D eigenvalue weighted by molar-refractivity contribution is -0.112. The fourth-order valence-corrected chi connectivity index (χ4v) is 3.04. The van der Waals surface area contributed by atoms with Crippen LogP contribution in [0.5, 0.6) is 0 Å². The van der Waals surface area contributed by atoms with E-state index in [1.807, 2.05) is 6.92 Å². The van der Waals surface area contributed by atoms with E-state index in [1.54, 1.807) is 13.0 Å². The molecule has 20 heavy (non-hydrogen) atoms. The SMILES string of the molecule is CC(=O)/C=C/[C@@H]1C(C)=CC[C@H](C/C=C(\C)CO)C1(C)C. The van der Waals surface area contributed by atoms with E-state index in [-0.39, 0.29) is 17.8 Å². The van der Waals surface area contributed by atoms with Gasteiger partial charge in [0.05, 0.1) is 6.61 Å². The summed E-state index contributed by atoms with van der Waals surface area (Å²) in [6, 6.07) is 0. The molecule has 1 rings (SSSR count). The van der Waals surface area contributed by atoms with E-state index in [1.165, 1.54) is 5.57 Å². The monoisotopic (exact) mass is 276 g/mol. The maximum absolute atomic E-state index is 11.2. The van der Waals surface area contributed by atoms with Crippen molar-refractivity contribution in [2.45, 2.75) is 47.5 Å². The zero-order valence-corrected chi connectivity index (χ0v) is 13.4. The van der Waals surface area contributed by atoms with Crippen LogP contribution in [-0.4, -0.2) is 17.5 Å². The average molecular weight is 276 g/mol. The van der Waals surface area contributed by atoms with Crippen molar-refractivity contribution < 1.29 is 9.90 Å². The minimum Gasteiger partial charge on any atom is -0.392 e. The highest BCUT2D eigenvalue weighted by Gasteiger charge is 2.38. The molecule has 0 bridgehead atoms. The van der Waals surface area contributed by atoms with Gasteiger partial charge in [-0.1, -0.05) is 43.2 Å². The molecule has 112 valence electrons. The van der Waals surface area contributed by atoms with Crippen LogP contribution in [0.15, 0.2) is 35.5 Å². The smallest absolute Gasteiger partial charge is 0.152 e. The molecule has 0 fully saturated rings. The van der Waals surface area contributed by atoms with Gasteiger partial charge in [0.25, 0.3) is 0 Å². The fraction of sp³-hybridized carbons (Fsp3) is 0.611. The molecule has 2 nitrogen and oxygen atoms in total. The zero-order valence-electron chi connectivity index (χ0n) is 13.4. The van der Waals surface area contributed by atoms with Crippen LogP contribution in [0.2, 0.25) is 0 Å². The van der Waals surface area contributed by atoms with Gasteiger partial charge in [0.1, 0.15) is 0 Å². The first kappa shape index (κ1) is 16.9. The number of hydrogen-bond acceptors (Lipinski definition) is 2. The van der Waals surface area contributed by atoms with Gasteiger partial charge >= 0.3 is 0 Å². The van der Waals surface area contributed by atoms with Crippen molar-refractivity contribution in [2.24, 2.45) is 17.3 Å². The van der Waals surface area contributed by atoms with Gasteiger partial charge in [-0.25, -0.2) is 0 Å². The van der Waals surface area contributed by atoms with Crippen LogP contribution in [-0.2, 0) is 4.79 Å². The van der Waals surface area contributed by atoms with Gasteiger partial charge in [0, 0.05) is 5.92 Å². The molecule has 0 unspecified atom stereocenters. The lowest BCUT2D eigenvalue weighted by atomic mass is 9.61. The topological polar surface area (TPSA) is 37.3 Å². The Morgan fingerprint density at radius 3 is 2.65 bits per heavy atom. The summed E-state index contributed by atoms with van der Waals surface area (Å²) in [6.07, 6.45) is 10.2. The molecule has 2 heteroatoms. The molecule has 1 N–H and O–H groups in total. The Morgan fingerprint density at radius 2 is 2.10 bits per heavy atom. The second-order valence-corrected chi connectivity index (χ2v) is 6.59. The first-order valence-corrected chi connectivity index (χ1v) is 7.41. The Morgan fingerprint density at radius 1 is 1.45 bits per heavy atom. The van der Waals surface area contributed by atoms with Crippen LogP contribution >= 0.6 is 0 Å². The van der Waals surface area contributed by atoms with Crippen molar-refractivity contribution >= 4 is 5.78 Å². The molecule has 0 radical (unpaired) electrons. The Bertz CT molecular complexity index is 438. The molecule has 0 aromatic heterocycles. The molecule has 0 aromatic carbocycles. The summed E-state index contributed by atoms with van der Waals surface area (Å²) in [5, 5.41) is 9.10. The molecule has 1 aliphatic rings. The normalized spacial score (nSPS) is 26.7. The van der Waals surface area contributed by atoms with Gasteiger partial charge < -0.3 is 5.11 Å². The van der Waals surface area contributed by atoms with E-state index >= 15 is 0 Å². The molecular formula is C18H28O2. The Kier molecular flexibility index (Phi) is 5.94. The number of hydrogen-bond donors (Lipinski definition) is 1. The highest BCUT2D eigenvalue weighted by atomic mass is 16.3. The predicted octanol–water partition coefficient (Wildman–Crippen LogP) is 4.07. The van der Waals surface area contributed by atoms with Gasteiger partial charge in [-0.2, -0.15) is 0 Å². The van der Waals surface area contributed by atoms with E-state index in [9.17, 15) is 4.79 Å². The van der Waals surface area contributed by atoms with Crippen molar-refractivity contribution in [3.8, 4) is 0 Å². The standard InChI is InChI=1S/C18H28O2/c1-13(12-19)6-9-16-10-7-14(2)17(18(16,4)5)11-8-15(3)20/h6-8,11,16-17,19H,9-10,12H2,1-5H3/b11-8+,13-6+/t16-,17+/m0/s1. The van der Waals surface area contributed by atoms with Crippen LogP contribution in [0, 0.1) is 17.3 Å². The van der Waals surface area contributed by atoms with Gasteiger partial charge in [0.15, 0.2) is 5.78 Å². The van der Waals surface area contributed by atoms with E-state index in [0.29, 0.717) is 11.8 Å². The number of allylic oxidation sites excluding steroid dienone is 5. The van der Waals surface area contributed by atoms with E-state index in [2.05, 4.69) is 39.0 Å². The van der Waals surface area contributed by atoms with E-state index in [0.717, 1.165) is 18.4 Å². The summed E-state index contributed by atoms with van der Waals surface area (Å²) >= 11 is 0. The molecule has 1 aliphatic carbocycles. The molecular weight excluding hydrogens is 248 g/mol. The van der Waals surface area contributed by atoms with E-state index < -0.39 is 0 Å². The number of carbonyl (C=O) groups is 1. The van der Waals surface area contributed by atoms with Crippen LogP contribution in [0.3, 0.4) is 0 Å². The van der Waals surface area contributed by atoms with Crippen molar-refractivity contribution in [1.82, 2.24) is 0 Å². The third kappa shape index (κ3) is 4.17. The fourth-order valence-electron chi connectivity index (χ4n) is 3.04. The summed E-state index contributed by atoms with van der Waals surface area (Å²) in [4.78, 5) is 11.2. The minimum absolute atomic E-state index is 0.103. The summed E-state index contributed by atoms with van der Waals surface area (Å²) in [7, 11) is 0. The molecule has 0 aliphatic heterocycles. The van der Waals surface area contributed by atoms with Crippen molar-refractivity contribution in [1.29, 1.82) is 0 Å². The molecule has 0 aromatic rings. The van der Waals surface area contributed by atoms with Gasteiger partial charge in [-0.15, -0.1) is 0 Å². The quantitative estimate of drug-likeness (QED) is 0.607. The predicted molar refractivity (Wildman–Crippen MR) is 84.4 cm³/mol. The van der Waals surface area contributed by atoms with Crippen LogP contribution < -0.4 is 0 Å². The number of carbonyl (C=O) groups excluding carboxylic acids is 1. The van der Waals surface area contributed by atoms with Crippen LogP contribution in [0.25, 0.3) is 0 Å². The number of rotatable bonds is 5. The number of aliphatic hydroxyl groups is 1. The minimum atomic E-state index is 0.103. The highest BCUT2D eigenvalue weighted by Crippen LogP contribution is 2.47. The molecule has 0 saturated carbocycles. The van der Waals surface area contributed by atoms with Gasteiger partial charge in [-0.3, -0.25) is 4.79 Å². The third-order valence-electron chi connectivity index (χ3n) is 4.59. The third-order valence-corrected chi connectivity index (χ3v) is 4.59. The lowest BCUT2D eigenvalue weighted by Gasteiger charge is -2.43. The average Bonchev–Trinajstić information content (AvgIpc) is 2.36. The Labute approximate surface area is 123 Å². The Hall–Kier alpha value is -1.15. The molecule has 0 saturated heterocycles. The Balaban J connectivity index is 2.94. The highest BCUT2D eigenvalue weighted by molar-refractivity contribution is 5.87. The van der Waals surface area contributed by atoms with Crippen molar-refractivity contribution in [3.63, 3.8) is 0 Å². The molecule has 2 atom stereocenters. The number of ketones is 1. The second-order valence-electron chi connectivity index (χ2n) is 6.59. The number of aliphatic hydroxyl groups excluding tert-OH is 1. The van der Waals surface area contributed by atoms with Gasteiger partial charge in [0.2, 0.25) is 0 Å². The van der Waals surface area contributed by atoms with Crippen LogP contribution in [0.1, 0.15) is 47.5 Å². The maximum Gasteiger partial charge on any atom is 0.152 e. The lowest BCUT2D eigenvalue weighted by Crippen LogP contribution is -2.35. The van der Waals surface area contributed by atoms with Crippen LogP contribution in [0.4, 0.5) is 0 Å². The largest absolute Gasteiger partial charge is 0.392 e. The summed E-state index contributed by atoms with van der Waals surface area (Å²) in [6.45, 7) is 10.4. The van der Waals surface area contributed by atoms with E-state index in [4.69, 9.17) is 5.11 Å². The zero-order chi connectivity index (χ0) is 15.3. The van der Waals surface area contributed by atoms with Gasteiger partial charge in [-0.05, 0) is 51.0 Å². The second kappa shape index (κ2) is 7.03. The van der Waals surface area contributed by atoms with Crippen molar-refractivity contribution in [2.75, 3.05) is 6.61 Å². The van der Waals surface area contributed by atoms with Crippen molar-refractivity contribution in [3.05, 3.63) is 35.5 Å². The molecule has 0 amide bonds. The first-order valence-electron chi connectivity index (χ1n) is 7.41. The summed E-state index contributed by atoms with van der Waals surface area (Å²) in [5.41, 5.74) is 2.51.